The normalized spacial score (nSPS) is 16.4. The van der Waals surface area contributed by atoms with Crippen molar-refractivity contribution in [3.8, 4) is 5.75 Å². The van der Waals surface area contributed by atoms with Gasteiger partial charge in [-0.3, -0.25) is 4.79 Å². The summed E-state index contributed by atoms with van der Waals surface area (Å²) in [6.45, 7) is 2.53. The third-order valence-electron chi connectivity index (χ3n) is 3.66. The molecule has 0 bridgehead atoms. The van der Waals surface area contributed by atoms with Crippen molar-refractivity contribution in [1.82, 2.24) is 5.32 Å². The standard InChI is InChI=1S/C20H18N2O4S/c1-3-26-16-10-8-15(9-11-16)21-20-22-18(23)17(27-20)12-13-4-6-14(7-5-13)19(24)25-2/h4-12H,3H2,1-2H3,(H,21,22,23)/b17-12-. The van der Waals surface area contributed by atoms with E-state index in [2.05, 4.69) is 15.0 Å². The van der Waals surface area contributed by atoms with Crippen molar-refractivity contribution in [3.05, 3.63) is 64.6 Å². The summed E-state index contributed by atoms with van der Waals surface area (Å²) in [4.78, 5) is 28.6. The number of hydrogen-bond acceptors (Lipinski definition) is 6. The second-order valence-corrected chi connectivity index (χ2v) is 6.55. The molecular formula is C20H18N2O4S. The fraction of sp³-hybridized carbons (Fsp3) is 0.150. The summed E-state index contributed by atoms with van der Waals surface area (Å²) in [5.41, 5.74) is 1.99. The van der Waals surface area contributed by atoms with Gasteiger partial charge in [0.15, 0.2) is 5.17 Å². The predicted molar refractivity (Wildman–Crippen MR) is 106 cm³/mol. The first kappa shape index (κ1) is 18.7. The molecule has 0 atom stereocenters. The van der Waals surface area contributed by atoms with Gasteiger partial charge < -0.3 is 14.8 Å². The average Bonchev–Trinajstić information content (AvgIpc) is 3.02. The molecular weight excluding hydrogens is 364 g/mol. The minimum Gasteiger partial charge on any atom is -0.494 e. The summed E-state index contributed by atoms with van der Waals surface area (Å²) >= 11 is 1.27. The van der Waals surface area contributed by atoms with Crippen molar-refractivity contribution in [1.29, 1.82) is 0 Å². The van der Waals surface area contributed by atoms with Crippen molar-refractivity contribution in [2.45, 2.75) is 6.92 Å². The number of nitrogens with zero attached hydrogens (tertiary/aromatic N) is 1. The number of benzene rings is 2. The van der Waals surface area contributed by atoms with Gasteiger partial charge in [0.2, 0.25) is 0 Å². The van der Waals surface area contributed by atoms with Gasteiger partial charge in [-0.2, -0.15) is 0 Å². The molecule has 1 aliphatic heterocycles. The molecule has 0 aliphatic carbocycles. The van der Waals surface area contributed by atoms with Gasteiger partial charge in [-0.25, -0.2) is 9.79 Å². The van der Waals surface area contributed by atoms with Crippen LogP contribution in [0.15, 0.2) is 58.4 Å². The Bertz CT molecular complexity index is 903. The summed E-state index contributed by atoms with van der Waals surface area (Å²) in [7, 11) is 1.34. The number of carbonyl (C=O) groups is 2. The first-order valence-corrected chi connectivity index (χ1v) is 9.11. The lowest BCUT2D eigenvalue weighted by molar-refractivity contribution is -0.115. The topological polar surface area (TPSA) is 77.0 Å². The van der Waals surface area contributed by atoms with E-state index in [9.17, 15) is 9.59 Å². The molecule has 2 aromatic carbocycles. The highest BCUT2D eigenvalue weighted by Gasteiger charge is 2.23. The van der Waals surface area contributed by atoms with E-state index in [1.54, 1.807) is 30.3 Å². The number of rotatable bonds is 5. The Morgan fingerprint density at radius 1 is 1.15 bits per heavy atom. The van der Waals surface area contributed by atoms with Crippen molar-refractivity contribution in [3.63, 3.8) is 0 Å². The van der Waals surface area contributed by atoms with Crippen LogP contribution in [0.5, 0.6) is 5.75 Å². The van der Waals surface area contributed by atoms with Crippen LogP contribution in [0.4, 0.5) is 5.69 Å². The SMILES string of the molecule is CCOc1ccc(N=C2NC(=O)/C(=C/c3ccc(C(=O)OC)cc3)S2)cc1. The van der Waals surface area contributed by atoms with Crippen molar-refractivity contribution in [2.75, 3.05) is 13.7 Å². The Morgan fingerprint density at radius 3 is 2.48 bits per heavy atom. The zero-order valence-electron chi connectivity index (χ0n) is 14.9. The summed E-state index contributed by atoms with van der Waals surface area (Å²) in [5.74, 6) is 0.175. The minimum atomic E-state index is -0.396. The van der Waals surface area contributed by atoms with Crippen molar-refractivity contribution < 1.29 is 19.1 Å². The Balaban J connectivity index is 1.72. The fourth-order valence-electron chi connectivity index (χ4n) is 2.37. The predicted octanol–water partition coefficient (Wildman–Crippen LogP) is 3.76. The van der Waals surface area contributed by atoms with Gasteiger partial charge in [0.05, 0.1) is 29.9 Å². The maximum Gasteiger partial charge on any atom is 0.337 e. The van der Waals surface area contributed by atoms with E-state index in [4.69, 9.17) is 4.74 Å². The number of methoxy groups -OCH3 is 1. The average molecular weight is 382 g/mol. The van der Waals surface area contributed by atoms with Gasteiger partial charge >= 0.3 is 5.97 Å². The molecule has 6 nitrogen and oxygen atoms in total. The van der Waals surface area contributed by atoms with Crippen LogP contribution < -0.4 is 10.1 Å². The number of ether oxygens (including phenoxy) is 2. The molecule has 0 saturated carbocycles. The van der Waals surface area contributed by atoms with Crippen LogP contribution in [0.3, 0.4) is 0 Å². The zero-order chi connectivity index (χ0) is 19.2. The number of esters is 1. The second kappa shape index (κ2) is 8.55. The minimum absolute atomic E-state index is 0.207. The third kappa shape index (κ3) is 4.77. The molecule has 7 heteroatoms. The van der Waals surface area contributed by atoms with Crippen molar-refractivity contribution >= 4 is 40.6 Å². The van der Waals surface area contributed by atoms with E-state index in [-0.39, 0.29) is 5.91 Å². The Kier molecular flexibility index (Phi) is 5.93. The molecule has 2 aromatic rings. The molecule has 0 aromatic heterocycles. The van der Waals surface area contributed by atoms with Gasteiger partial charge in [-0.15, -0.1) is 0 Å². The number of amides is 1. The van der Waals surface area contributed by atoms with E-state index < -0.39 is 5.97 Å². The molecule has 3 rings (SSSR count). The molecule has 1 amide bonds. The number of amidine groups is 1. The van der Waals surface area contributed by atoms with Gasteiger partial charge in [-0.1, -0.05) is 12.1 Å². The lowest BCUT2D eigenvalue weighted by Crippen LogP contribution is -2.19. The lowest BCUT2D eigenvalue weighted by Gasteiger charge is -2.02. The Labute approximate surface area is 161 Å². The van der Waals surface area contributed by atoms with Crippen molar-refractivity contribution in [2.24, 2.45) is 4.99 Å². The molecule has 1 aliphatic rings. The van der Waals surface area contributed by atoms with E-state index in [1.165, 1.54) is 18.9 Å². The molecule has 27 heavy (non-hydrogen) atoms. The lowest BCUT2D eigenvalue weighted by atomic mass is 10.1. The van der Waals surface area contributed by atoms with Crippen LogP contribution in [0.1, 0.15) is 22.8 Å². The molecule has 0 spiro atoms. The second-order valence-electron chi connectivity index (χ2n) is 5.52. The number of aliphatic imine (C=N–C) groups is 1. The van der Waals surface area contributed by atoms with E-state index in [0.717, 1.165) is 17.0 Å². The number of nitrogens with one attached hydrogen (secondary N) is 1. The first-order chi connectivity index (χ1) is 13.1. The van der Waals surface area contributed by atoms with E-state index >= 15 is 0 Å². The van der Waals surface area contributed by atoms with Crippen LogP contribution in [-0.4, -0.2) is 30.8 Å². The molecule has 0 radical (unpaired) electrons. The van der Waals surface area contributed by atoms with Crippen LogP contribution in [0.25, 0.3) is 6.08 Å². The van der Waals surface area contributed by atoms with E-state index in [1.807, 2.05) is 31.2 Å². The van der Waals surface area contributed by atoms with Gasteiger partial charge in [0.1, 0.15) is 5.75 Å². The van der Waals surface area contributed by atoms with Crippen LogP contribution in [0.2, 0.25) is 0 Å². The van der Waals surface area contributed by atoms with Crippen LogP contribution in [0, 0.1) is 0 Å². The summed E-state index contributed by atoms with van der Waals surface area (Å²) in [5, 5.41) is 3.27. The highest BCUT2D eigenvalue weighted by atomic mass is 32.2. The molecule has 1 heterocycles. The Hall–Kier alpha value is -3.06. The maximum absolute atomic E-state index is 12.2. The largest absolute Gasteiger partial charge is 0.494 e. The molecule has 0 unspecified atom stereocenters. The van der Waals surface area contributed by atoms with E-state index in [0.29, 0.717) is 22.2 Å². The summed E-state index contributed by atoms with van der Waals surface area (Å²) in [6, 6.07) is 14.2. The molecule has 1 fully saturated rings. The van der Waals surface area contributed by atoms with Gasteiger partial charge in [-0.05, 0) is 66.7 Å². The van der Waals surface area contributed by atoms with Crippen LogP contribution >= 0.6 is 11.8 Å². The van der Waals surface area contributed by atoms with Crippen LogP contribution in [-0.2, 0) is 9.53 Å². The molecule has 1 N–H and O–H groups in total. The first-order valence-electron chi connectivity index (χ1n) is 8.30. The summed E-state index contributed by atoms with van der Waals surface area (Å²) < 4.78 is 10.1. The smallest absolute Gasteiger partial charge is 0.337 e. The third-order valence-corrected chi connectivity index (χ3v) is 4.57. The summed E-state index contributed by atoms with van der Waals surface area (Å²) in [6.07, 6.45) is 1.75. The number of carbonyl (C=O) groups excluding carboxylic acids is 2. The van der Waals surface area contributed by atoms with Gasteiger partial charge in [0, 0.05) is 0 Å². The maximum atomic E-state index is 12.2. The van der Waals surface area contributed by atoms with Gasteiger partial charge in [0.25, 0.3) is 5.91 Å². The highest BCUT2D eigenvalue weighted by Crippen LogP contribution is 2.28. The zero-order valence-corrected chi connectivity index (χ0v) is 15.7. The number of thioether (sulfide) groups is 1. The fourth-order valence-corrected chi connectivity index (χ4v) is 3.21. The quantitative estimate of drug-likeness (QED) is 0.629. The Morgan fingerprint density at radius 2 is 1.85 bits per heavy atom. The molecule has 138 valence electrons. The monoisotopic (exact) mass is 382 g/mol. The molecule has 1 saturated heterocycles. The highest BCUT2D eigenvalue weighted by molar-refractivity contribution is 8.18. The number of hydrogen-bond donors (Lipinski definition) is 1.